The van der Waals surface area contributed by atoms with Crippen molar-refractivity contribution in [3.05, 3.63) is 35.4 Å². The lowest BCUT2D eigenvalue weighted by Gasteiger charge is -2.16. The van der Waals surface area contributed by atoms with Gasteiger partial charge >= 0.3 is 6.03 Å². The molecule has 0 unspecified atom stereocenters. The van der Waals surface area contributed by atoms with Gasteiger partial charge in [-0.25, -0.2) is 4.79 Å². The monoisotopic (exact) mass is 260 g/mol. The molecule has 3 amide bonds. The van der Waals surface area contributed by atoms with Crippen molar-refractivity contribution in [2.24, 2.45) is 0 Å². The number of rotatable bonds is 4. The molecule has 102 valence electrons. The summed E-state index contributed by atoms with van der Waals surface area (Å²) < 4.78 is 0. The highest BCUT2D eigenvalue weighted by atomic mass is 16.2. The minimum Gasteiger partial charge on any atom is -0.324 e. The lowest BCUT2D eigenvalue weighted by molar-refractivity contribution is -0.130. The highest BCUT2D eigenvalue weighted by Crippen LogP contribution is 2.19. The molecule has 2 rings (SSSR count). The first-order valence-corrected chi connectivity index (χ1v) is 6.66. The van der Waals surface area contributed by atoms with E-state index in [0.29, 0.717) is 6.54 Å². The predicted octanol–water partition coefficient (Wildman–Crippen LogP) is 2.47. The maximum atomic E-state index is 12.1. The van der Waals surface area contributed by atoms with E-state index in [2.05, 4.69) is 24.4 Å². The Morgan fingerprint density at radius 3 is 2.16 bits per heavy atom. The second kappa shape index (κ2) is 5.03. The summed E-state index contributed by atoms with van der Waals surface area (Å²) in [5, 5.41) is 2.68. The topological polar surface area (TPSA) is 49.4 Å². The Morgan fingerprint density at radius 1 is 1.11 bits per heavy atom. The smallest absolute Gasteiger partial charge is 0.324 e. The van der Waals surface area contributed by atoms with Crippen LogP contribution in [0.15, 0.2) is 24.3 Å². The molecule has 0 spiro atoms. The molecule has 1 heterocycles. The highest BCUT2D eigenvalue weighted by Gasteiger charge is 2.43. The zero-order chi connectivity index (χ0) is 14.0. The van der Waals surface area contributed by atoms with Gasteiger partial charge in [0, 0.05) is 0 Å². The van der Waals surface area contributed by atoms with Crippen LogP contribution in [0.25, 0.3) is 0 Å². The number of carbonyl (C=O) groups is 2. The molecule has 0 bridgehead atoms. The number of benzene rings is 1. The van der Waals surface area contributed by atoms with Gasteiger partial charge in [-0.05, 0) is 31.4 Å². The van der Waals surface area contributed by atoms with Crippen molar-refractivity contribution in [3.63, 3.8) is 0 Å². The summed E-state index contributed by atoms with van der Waals surface area (Å²) in [7, 11) is 0. The minimum atomic E-state index is -0.792. The molecule has 1 N–H and O–H groups in total. The highest BCUT2D eigenvalue weighted by molar-refractivity contribution is 6.06. The van der Waals surface area contributed by atoms with Crippen LogP contribution in [0.1, 0.15) is 38.3 Å². The summed E-state index contributed by atoms with van der Waals surface area (Å²) in [5.74, 6) is -0.171. The van der Waals surface area contributed by atoms with Gasteiger partial charge < -0.3 is 5.32 Å². The van der Waals surface area contributed by atoms with E-state index >= 15 is 0 Å². The molecule has 0 radical (unpaired) electrons. The van der Waals surface area contributed by atoms with E-state index in [1.165, 1.54) is 10.5 Å². The summed E-state index contributed by atoms with van der Waals surface area (Å²) in [6.07, 6.45) is 2.16. The third kappa shape index (κ3) is 2.78. The fourth-order valence-electron chi connectivity index (χ4n) is 2.24. The number of hydrogen-bond donors (Lipinski definition) is 1. The standard InChI is InChI=1S/C15H20N2O2/c1-4-5-11-6-8-12(9-7-11)10-17-13(18)15(2,3)16-14(17)19/h6-9H,4-5,10H2,1-3H3,(H,16,19). The maximum absolute atomic E-state index is 12.1. The van der Waals surface area contributed by atoms with Crippen molar-refractivity contribution in [1.82, 2.24) is 10.2 Å². The fraction of sp³-hybridized carbons (Fsp3) is 0.467. The molecule has 0 saturated carbocycles. The lowest BCUT2D eigenvalue weighted by Crippen LogP contribution is -2.40. The molecule has 4 nitrogen and oxygen atoms in total. The van der Waals surface area contributed by atoms with Crippen molar-refractivity contribution < 1.29 is 9.59 Å². The van der Waals surface area contributed by atoms with Crippen LogP contribution in [-0.4, -0.2) is 22.4 Å². The number of amides is 3. The van der Waals surface area contributed by atoms with E-state index in [-0.39, 0.29) is 11.9 Å². The van der Waals surface area contributed by atoms with Crippen LogP contribution in [-0.2, 0) is 17.8 Å². The molecule has 4 heteroatoms. The van der Waals surface area contributed by atoms with Crippen LogP contribution < -0.4 is 5.32 Å². The third-order valence-corrected chi connectivity index (χ3v) is 3.35. The minimum absolute atomic E-state index is 0.171. The summed E-state index contributed by atoms with van der Waals surface area (Å²) in [4.78, 5) is 25.1. The van der Waals surface area contributed by atoms with E-state index in [1.807, 2.05) is 12.1 Å². The number of carbonyl (C=O) groups excluding carboxylic acids is 2. The molecule has 0 aliphatic carbocycles. The second-order valence-corrected chi connectivity index (χ2v) is 5.51. The van der Waals surface area contributed by atoms with Crippen LogP contribution in [0.3, 0.4) is 0 Å². The van der Waals surface area contributed by atoms with E-state index in [4.69, 9.17) is 0 Å². The number of nitrogens with zero attached hydrogens (tertiary/aromatic N) is 1. The maximum Gasteiger partial charge on any atom is 0.325 e. The van der Waals surface area contributed by atoms with Gasteiger partial charge in [-0.3, -0.25) is 9.69 Å². The van der Waals surface area contributed by atoms with E-state index < -0.39 is 5.54 Å². The molecule has 0 atom stereocenters. The average Bonchev–Trinajstić information content (AvgIpc) is 2.54. The SMILES string of the molecule is CCCc1ccc(CN2C(=O)NC(C)(C)C2=O)cc1. The molecular weight excluding hydrogens is 240 g/mol. The fourth-order valence-corrected chi connectivity index (χ4v) is 2.24. The van der Waals surface area contributed by atoms with Gasteiger partial charge in [-0.1, -0.05) is 37.6 Å². The second-order valence-electron chi connectivity index (χ2n) is 5.51. The summed E-state index contributed by atoms with van der Waals surface area (Å²) in [5.41, 5.74) is 1.46. The van der Waals surface area contributed by atoms with Crippen LogP contribution in [0, 0.1) is 0 Å². The Kier molecular flexibility index (Phi) is 3.60. The van der Waals surface area contributed by atoms with Crippen LogP contribution >= 0.6 is 0 Å². The molecule has 1 fully saturated rings. The third-order valence-electron chi connectivity index (χ3n) is 3.35. The van der Waals surface area contributed by atoms with Gasteiger partial charge in [0.2, 0.25) is 0 Å². The van der Waals surface area contributed by atoms with Crippen molar-refractivity contribution in [1.29, 1.82) is 0 Å². The van der Waals surface area contributed by atoms with Crippen molar-refractivity contribution in [3.8, 4) is 0 Å². The quantitative estimate of drug-likeness (QED) is 0.845. The molecule has 1 aromatic carbocycles. The zero-order valence-corrected chi connectivity index (χ0v) is 11.7. The molecule has 1 saturated heterocycles. The van der Waals surface area contributed by atoms with Crippen LogP contribution in [0.4, 0.5) is 4.79 Å². The number of urea groups is 1. The molecular formula is C15H20N2O2. The van der Waals surface area contributed by atoms with Crippen molar-refractivity contribution in [2.75, 3.05) is 0 Å². The molecule has 19 heavy (non-hydrogen) atoms. The lowest BCUT2D eigenvalue weighted by atomic mass is 10.1. The molecule has 1 aliphatic rings. The van der Waals surface area contributed by atoms with E-state index in [1.54, 1.807) is 13.8 Å². The van der Waals surface area contributed by atoms with Gasteiger partial charge in [0.05, 0.1) is 6.54 Å². The number of imide groups is 1. The first-order chi connectivity index (χ1) is 8.94. The Morgan fingerprint density at radius 2 is 1.68 bits per heavy atom. The predicted molar refractivity (Wildman–Crippen MR) is 73.6 cm³/mol. The summed E-state index contributed by atoms with van der Waals surface area (Å²) >= 11 is 0. The summed E-state index contributed by atoms with van der Waals surface area (Å²) in [6, 6.07) is 7.77. The Balaban J connectivity index is 2.09. The van der Waals surface area contributed by atoms with Gasteiger partial charge in [-0.2, -0.15) is 0 Å². The average molecular weight is 260 g/mol. The normalized spacial score (nSPS) is 17.7. The summed E-state index contributed by atoms with van der Waals surface area (Å²) in [6.45, 7) is 5.92. The van der Waals surface area contributed by atoms with Crippen molar-refractivity contribution in [2.45, 2.75) is 45.7 Å². The van der Waals surface area contributed by atoms with Gasteiger partial charge in [0.25, 0.3) is 5.91 Å². The Hall–Kier alpha value is -1.84. The number of hydrogen-bond acceptors (Lipinski definition) is 2. The van der Waals surface area contributed by atoms with Crippen LogP contribution in [0.2, 0.25) is 0 Å². The van der Waals surface area contributed by atoms with Gasteiger partial charge in [0.15, 0.2) is 0 Å². The van der Waals surface area contributed by atoms with E-state index in [9.17, 15) is 9.59 Å². The van der Waals surface area contributed by atoms with Gasteiger partial charge in [-0.15, -0.1) is 0 Å². The number of aryl methyl sites for hydroxylation is 1. The Bertz CT molecular complexity index is 491. The zero-order valence-electron chi connectivity index (χ0n) is 11.7. The first kappa shape index (κ1) is 13.6. The Labute approximate surface area is 113 Å². The van der Waals surface area contributed by atoms with Crippen molar-refractivity contribution >= 4 is 11.9 Å². The van der Waals surface area contributed by atoms with E-state index in [0.717, 1.165) is 18.4 Å². The van der Waals surface area contributed by atoms with Gasteiger partial charge in [0.1, 0.15) is 5.54 Å². The largest absolute Gasteiger partial charge is 0.325 e. The number of nitrogens with one attached hydrogen (secondary N) is 1. The first-order valence-electron chi connectivity index (χ1n) is 6.66. The molecule has 1 aliphatic heterocycles. The molecule has 0 aromatic heterocycles. The van der Waals surface area contributed by atoms with Crippen LogP contribution in [0.5, 0.6) is 0 Å². The molecule has 1 aromatic rings.